The molecule has 3 heterocycles. The van der Waals surface area contributed by atoms with Crippen molar-refractivity contribution >= 4 is 109 Å². The Kier molecular flexibility index (Phi) is 26.1. The molecule has 536 valence electrons. The van der Waals surface area contributed by atoms with E-state index in [4.69, 9.17) is 14.7 Å². The van der Waals surface area contributed by atoms with Crippen LogP contribution in [0.25, 0.3) is 33.4 Å². The van der Waals surface area contributed by atoms with Gasteiger partial charge in [-0.05, 0) is 170 Å². The Morgan fingerprint density at radius 1 is 0.549 bits per heavy atom. The molecule has 0 bridgehead atoms. The van der Waals surface area contributed by atoms with Gasteiger partial charge in [-0.2, -0.15) is 0 Å². The highest BCUT2D eigenvalue weighted by atomic mass is 32.2. The van der Waals surface area contributed by atoms with E-state index in [0.29, 0.717) is 64.5 Å². The minimum atomic E-state index is -3.33. The third-order valence-electron chi connectivity index (χ3n) is 15.2. The molecule has 102 heavy (non-hydrogen) atoms. The number of nitrogens with one attached hydrogen (secondary N) is 2. The second kappa shape index (κ2) is 33.8. The van der Waals surface area contributed by atoms with Crippen LogP contribution in [0.5, 0.6) is 0 Å². The average Bonchev–Trinajstić information content (AvgIpc) is 1.61. The molecule has 0 aliphatic rings. The molecule has 10 aromatic rings. The van der Waals surface area contributed by atoms with Crippen LogP contribution >= 0.6 is 34.0 Å². The highest BCUT2D eigenvalue weighted by Crippen LogP contribution is 2.34. The summed E-state index contributed by atoms with van der Waals surface area (Å²) in [5, 5.41) is 6.81. The number of carbonyl (C=O) groups is 4. The molecule has 0 aliphatic carbocycles. The number of aryl methyl sites for hydroxylation is 4. The second-order valence-electron chi connectivity index (χ2n) is 24.3. The molecule has 0 saturated carbocycles. The third kappa shape index (κ3) is 21.0. The van der Waals surface area contributed by atoms with Crippen LogP contribution in [0.1, 0.15) is 72.6 Å². The Morgan fingerprint density at radius 2 is 0.882 bits per heavy atom. The Balaban J connectivity index is 0.000000196. The molecular weight excluding hydrogens is 1440 g/mol. The van der Waals surface area contributed by atoms with Crippen LogP contribution in [0.2, 0.25) is 0 Å². The van der Waals surface area contributed by atoms with E-state index < -0.39 is 76.9 Å². The topological polar surface area (TPSA) is 234 Å². The van der Waals surface area contributed by atoms with Crippen molar-refractivity contribution in [2.75, 3.05) is 42.1 Å². The molecule has 0 fully saturated rings. The zero-order chi connectivity index (χ0) is 74.7. The number of halogens is 6. The van der Waals surface area contributed by atoms with E-state index in [0.717, 1.165) is 99.0 Å². The zero-order valence-corrected chi connectivity index (χ0v) is 62.4. The number of thiazole rings is 3. The van der Waals surface area contributed by atoms with E-state index in [1.54, 1.807) is 135 Å². The van der Waals surface area contributed by atoms with Crippen molar-refractivity contribution < 1.29 is 58.7 Å². The lowest BCUT2D eigenvalue weighted by atomic mass is 10.0. The number of benzene rings is 7. The Morgan fingerprint density at radius 3 is 1.24 bits per heavy atom. The zero-order valence-electron chi connectivity index (χ0n) is 57.5. The van der Waals surface area contributed by atoms with Gasteiger partial charge in [0.05, 0.1) is 50.3 Å². The van der Waals surface area contributed by atoms with Gasteiger partial charge in [0.15, 0.2) is 15.4 Å². The molecule has 4 N–H and O–H groups in total. The number of ether oxygens (including phenoxy) is 1. The highest BCUT2D eigenvalue weighted by Gasteiger charge is 2.26. The lowest BCUT2D eigenvalue weighted by Gasteiger charge is -2.17. The number of hydrogen-bond donors (Lipinski definition) is 3. The Hall–Kier alpha value is -9.07. The van der Waals surface area contributed by atoms with Gasteiger partial charge in [-0.1, -0.05) is 138 Å². The summed E-state index contributed by atoms with van der Waals surface area (Å²) in [5.74, 6) is -0.357. The summed E-state index contributed by atoms with van der Waals surface area (Å²) in [7, 11) is -2.22. The molecule has 0 aliphatic heterocycles. The standard InChI is InChI=1S/C28H28F2N4O2S2.C25H27F2N3O3S2.C20H19F2N3O2S2/c1-4-19-5-7-21(8-6-19)17-32-38(31,36)27-18(2)33-28(37-27)34(3)26(35)15-20-9-11-22(12-10-20)24-16-23(29)13-14-25(24)30;1-15-22(35(6)29-24(32)33-25(2,3)4)34-23(28-15)30(5)21(31)13-16-7-9-17(10-8-16)19-14-18(26)11-12-20(19)27;1-12-19(29(3,23)27)28-20(24-12)25(2)18(26)10-13-4-6-14(7-5-13)16-11-15(21)8-9-17(16)22/h5-14,16H,4,15,17H2,1-3H3,(H2,31,32,36);7-12,14H,13H2,1-6H3;4-9,11H,3,10H2,1-2H3,(H2,23,27). The highest BCUT2D eigenvalue weighted by molar-refractivity contribution is 8.00. The summed E-state index contributed by atoms with van der Waals surface area (Å²) in [4.78, 5) is 67.8. The first kappa shape index (κ1) is 78.6. The van der Waals surface area contributed by atoms with Crippen molar-refractivity contribution in [2.24, 2.45) is 9.50 Å². The van der Waals surface area contributed by atoms with Crippen molar-refractivity contribution in [2.45, 2.75) is 98.9 Å². The fraction of sp³-hybridized carbons (Fsp3) is 0.233. The van der Waals surface area contributed by atoms with Crippen molar-refractivity contribution in [1.82, 2.24) is 19.7 Å². The predicted molar refractivity (Wildman–Crippen MR) is 397 cm³/mol. The van der Waals surface area contributed by atoms with Crippen molar-refractivity contribution in [1.29, 1.82) is 4.78 Å². The van der Waals surface area contributed by atoms with Gasteiger partial charge in [0.2, 0.25) is 17.7 Å². The number of rotatable bonds is 19. The molecule has 4 amide bonds. The van der Waals surface area contributed by atoms with Gasteiger partial charge in [-0.3, -0.25) is 34.2 Å². The van der Waals surface area contributed by atoms with Crippen LogP contribution in [0.15, 0.2) is 169 Å². The number of carbonyl (C=O) groups excluding carboxylic acids is 4. The van der Waals surface area contributed by atoms with E-state index in [1.807, 2.05) is 31.2 Å². The predicted octanol–water partition coefficient (Wildman–Crippen LogP) is 16.2. The molecule has 3 atom stereocenters. The minimum absolute atomic E-state index is 0.0542. The molecule has 3 unspecified atom stereocenters. The number of nitrogens with zero attached hydrogens (tertiary/aromatic N) is 7. The summed E-state index contributed by atoms with van der Waals surface area (Å²) < 4.78 is 130. The van der Waals surface area contributed by atoms with Crippen LogP contribution < -0.4 is 24.6 Å². The maximum Gasteiger partial charge on any atom is 0.440 e. The van der Waals surface area contributed by atoms with Crippen LogP contribution in [-0.2, 0) is 81.7 Å². The third-order valence-corrected chi connectivity index (χ3v) is 24.9. The molecule has 0 radical (unpaired) electrons. The Labute approximate surface area is 603 Å². The summed E-state index contributed by atoms with van der Waals surface area (Å²) in [6, 6.07) is 37.8. The summed E-state index contributed by atoms with van der Waals surface area (Å²) in [5.41, 5.74) is 7.24. The van der Waals surface area contributed by atoms with E-state index in [-0.39, 0.29) is 64.4 Å². The van der Waals surface area contributed by atoms with Crippen LogP contribution in [0.3, 0.4) is 0 Å². The fourth-order valence-corrected chi connectivity index (χ4v) is 16.9. The normalized spacial score (nSPS) is 12.8. The molecule has 10 rings (SSSR count). The monoisotopic (exact) mass is 1510 g/mol. The first-order chi connectivity index (χ1) is 48.0. The lowest BCUT2D eigenvalue weighted by molar-refractivity contribution is -0.118. The largest absolute Gasteiger partial charge is 0.442 e. The van der Waals surface area contributed by atoms with Gasteiger partial charge in [0.25, 0.3) is 0 Å². The quantitative estimate of drug-likeness (QED) is 0.0511. The second-order valence-corrected chi connectivity index (χ2v) is 33.2. The number of nitrogens with two attached hydrogens (primary N) is 1. The minimum Gasteiger partial charge on any atom is -0.442 e. The van der Waals surface area contributed by atoms with E-state index in [9.17, 15) is 53.9 Å². The van der Waals surface area contributed by atoms with Crippen molar-refractivity contribution in [3.63, 3.8) is 0 Å². The van der Waals surface area contributed by atoms with Gasteiger partial charge >= 0.3 is 6.09 Å². The van der Waals surface area contributed by atoms with Gasteiger partial charge in [-0.25, -0.2) is 64.0 Å². The molecule has 0 spiro atoms. The van der Waals surface area contributed by atoms with Gasteiger partial charge in [0, 0.05) is 44.4 Å². The summed E-state index contributed by atoms with van der Waals surface area (Å²) in [6.07, 6.45) is 2.34. The molecular formula is C73H74F6N10O7S6. The van der Waals surface area contributed by atoms with E-state index in [2.05, 4.69) is 36.8 Å². The molecule has 0 saturated heterocycles. The number of aromatic nitrogens is 3. The van der Waals surface area contributed by atoms with Gasteiger partial charge in [-0.15, -0.1) is 4.36 Å². The Bertz CT molecular complexity index is 4990. The molecule has 7 aromatic carbocycles. The number of anilines is 3. The summed E-state index contributed by atoms with van der Waals surface area (Å²) >= 11 is 3.42. The van der Waals surface area contributed by atoms with Gasteiger partial charge < -0.3 is 4.74 Å². The smallest absolute Gasteiger partial charge is 0.440 e. The van der Waals surface area contributed by atoms with Crippen molar-refractivity contribution in [3.05, 3.63) is 231 Å². The van der Waals surface area contributed by atoms with Gasteiger partial charge in [0.1, 0.15) is 58.8 Å². The maximum absolute atomic E-state index is 14.1. The maximum atomic E-state index is 14.1. The van der Waals surface area contributed by atoms with Crippen LogP contribution in [0.4, 0.5) is 46.5 Å². The molecule has 29 heteroatoms. The average molecular weight is 1510 g/mol. The number of hydrogen-bond acceptors (Lipinski definition) is 14. The van der Waals surface area contributed by atoms with Crippen LogP contribution in [-0.4, -0.2) is 86.1 Å². The number of likely N-dealkylation sites (N-methyl/N-ethyl adjacent to an activating group) is 3. The van der Waals surface area contributed by atoms with E-state index >= 15 is 0 Å². The first-order valence-corrected chi connectivity index (χ1v) is 38.6. The van der Waals surface area contributed by atoms with Crippen molar-refractivity contribution in [3.8, 4) is 33.4 Å². The lowest BCUT2D eigenvalue weighted by Crippen LogP contribution is -2.27. The first-order valence-electron chi connectivity index (χ1n) is 31.2. The number of amides is 4. The van der Waals surface area contributed by atoms with Crippen LogP contribution in [0, 0.1) is 60.5 Å². The molecule has 3 aromatic heterocycles. The van der Waals surface area contributed by atoms with E-state index in [1.165, 1.54) is 31.6 Å². The SMILES string of the molecule is C=S(N)(=O)c1sc(N(C)C(=O)Cc2ccc(-c3cc(F)ccc3F)cc2)nc1C.CCc1ccc(CNS(=N)(=O)c2sc(N(C)C(=O)Cc3ccc(-c4cc(F)ccc4F)cc3)nc2C)cc1.Cc1nc(N(C)C(=O)Cc2ccc(-c3cc(F)ccc3F)cc2)sc1S(C)=NC(=O)OC(C)(C)C. The summed E-state index contributed by atoms with van der Waals surface area (Å²) in [6.45, 7) is 12.8. The molecule has 17 nitrogen and oxygen atoms in total. The fourth-order valence-electron chi connectivity index (χ4n) is 9.74.